The van der Waals surface area contributed by atoms with Gasteiger partial charge in [0.05, 0.1) is 5.75 Å². The maximum Gasteiger partial charge on any atom is 0.235 e. The summed E-state index contributed by atoms with van der Waals surface area (Å²) in [5, 5.41) is 0. The lowest BCUT2D eigenvalue weighted by molar-refractivity contribution is -0.131. The number of rotatable bonds is 6. The highest BCUT2D eigenvalue weighted by atomic mass is 79.9. The standard InChI is InChI=1S/C17H24BrNO4S/c1-11(2)19(12(3)4)17(20)10-24(21)9-13-7-15-16(8-14(13)18)23-6-5-22-15/h7-8,11-12H,5-6,9-10H2,1-4H3/t24-/m1/s1. The highest BCUT2D eigenvalue weighted by molar-refractivity contribution is 9.10. The molecule has 0 unspecified atom stereocenters. The predicted octanol–water partition coefficient (Wildman–Crippen LogP) is 3.11. The van der Waals surface area contributed by atoms with Crippen LogP contribution >= 0.6 is 15.9 Å². The van der Waals surface area contributed by atoms with Gasteiger partial charge in [-0.05, 0) is 45.4 Å². The van der Waals surface area contributed by atoms with Gasteiger partial charge in [0.2, 0.25) is 5.91 Å². The third kappa shape index (κ3) is 4.72. The number of amides is 1. The first-order valence-corrected chi connectivity index (χ1v) is 10.3. The number of nitrogens with zero attached hydrogens (tertiary/aromatic N) is 1. The molecular formula is C17H24BrNO4S. The molecule has 0 aromatic heterocycles. The minimum atomic E-state index is -1.28. The van der Waals surface area contributed by atoms with Gasteiger partial charge >= 0.3 is 0 Å². The Kier molecular flexibility index (Phi) is 6.69. The quantitative estimate of drug-likeness (QED) is 0.713. The molecule has 0 aliphatic carbocycles. The van der Waals surface area contributed by atoms with Crippen LogP contribution in [0.15, 0.2) is 16.6 Å². The summed E-state index contributed by atoms with van der Waals surface area (Å²) in [6.45, 7) is 8.92. The van der Waals surface area contributed by atoms with Crippen molar-refractivity contribution in [3.8, 4) is 11.5 Å². The van der Waals surface area contributed by atoms with Gasteiger partial charge in [0, 0.05) is 27.4 Å². The van der Waals surface area contributed by atoms with Crippen molar-refractivity contribution in [3.63, 3.8) is 0 Å². The smallest absolute Gasteiger partial charge is 0.235 e. The second kappa shape index (κ2) is 8.34. The number of halogens is 1. The maximum absolute atomic E-state index is 12.5. The van der Waals surface area contributed by atoms with E-state index in [1.807, 2.05) is 39.8 Å². The SMILES string of the molecule is CC(C)N(C(=O)C[S@](=O)Cc1cc2c(cc1Br)OCCO2)C(C)C. The second-order valence-electron chi connectivity index (χ2n) is 6.30. The van der Waals surface area contributed by atoms with Crippen LogP contribution in [0.1, 0.15) is 33.3 Å². The van der Waals surface area contributed by atoms with Crippen molar-refractivity contribution in [2.24, 2.45) is 0 Å². The summed E-state index contributed by atoms with van der Waals surface area (Å²) in [5.41, 5.74) is 0.853. The van der Waals surface area contributed by atoms with Crippen LogP contribution in [0.5, 0.6) is 11.5 Å². The van der Waals surface area contributed by atoms with Crippen molar-refractivity contribution in [3.05, 3.63) is 22.2 Å². The molecule has 1 aliphatic heterocycles. The van der Waals surface area contributed by atoms with E-state index in [1.54, 1.807) is 4.90 Å². The summed E-state index contributed by atoms with van der Waals surface area (Å²) >= 11 is 3.48. The Balaban J connectivity index is 2.06. The molecule has 1 aromatic carbocycles. The van der Waals surface area contributed by atoms with Crippen LogP contribution in [0.4, 0.5) is 0 Å². The Morgan fingerprint density at radius 3 is 2.25 bits per heavy atom. The van der Waals surface area contributed by atoms with Crippen LogP contribution in [-0.4, -0.2) is 46.1 Å². The molecule has 0 bridgehead atoms. The summed E-state index contributed by atoms with van der Waals surface area (Å²) in [6.07, 6.45) is 0. The van der Waals surface area contributed by atoms with Gasteiger partial charge in [0.25, 0.3) is 0 Å². The third-order valence-electron chi connectivity index (χ3n) is 3.71. The Hall–Kier alpha value is -1.08. The van der Waals surface area contributed by atoms with Crippen molar-refractivity contribution in [2.45, 2.75) is 45.5 Å². The topological polar surface area (TPSA) is 55.8 Å². The van der Waals surface area contributed by atoms with Gasteiger partial charge in [0.1, 0.15) is 19.0 Å². The third-order valence-corrected chi connectivity index (χ3v) is 5.65. The van der Waals surface area contributed by atoms with Crippen molar-refractivity contribution in [1.82, 2.24) is 4.90 Å². The average molecular weight is 418 g/mol. The number of hydrogen-bond acceptors (Lipinski definition) is 4. The fourth-order valence-corrected chi connectivity index (χ4v) is 4.59. The van der Waals surface area contributed by atoms with E-state index in [0.717, 1.165) is 10.0 Å². The fraction of sp³-hybridized carbons (Fsp3) is 0.588. The van der Waals surface area contributed by atoms with Crippen LogP contribution in [0, 0.1) is 0 Å². The molecule has 0 saturated carbocycles. The number of carbonyl (C=O) groups is 1. The number of ether oxygens (including phenoxy) is 2. The Bertz CT molecular complexity index is 625. The minimum absolute atomic E-state index is 0.0250. The van der Waals surface area contributed by atoms with E-state index >= 15 is 0 Å². The van der Waals surface area contributed by atoms with Gasteiger partial charge in [-0.25, -0.2) is 0 Å². The first-order chi connectivity index (χ1) is 11.3. The van der Waals surface area contributed by atoms with Gasteiger partial charge in [-0.2, -0.15) is 0 Å². The summed E-state index contributed by atoms with van der Waals surface area (Å²) in [6, 6.07) is 3.85. The number of fused-ring (bicyclic) bond motifs is 1. The molecule has 0 spiro atoms. The average Bonchev–Trinajstić information content (AvgIpc) is 2.46. The Morgan fingerprint density at radius 2 is 1.71 bits per heavy atom. The number of hydrogen-bond donors (Lipinski definition) is 0. The van der Waals surface area contributed by atoms with E-state index in [0.29, 0.717) is 30.5 Å². The van der Waals surface area contributed by atoms with Crippen LogP contribution in [-0.2, 0) is 21.3 Å². The molecule has 0 N–H and O–H groups in total. The normalized spacial score (nSPS) is 14.8. The maximum atomic E-state index is 12.5. The van der Waals surface area contributed by atoms with E-state index in [9.17, 15) is 9.00 Å². The molecule has 1 heterocycles. The van der Waals surface area contributed by atoms with E-state index in [4.69, 9.17) is 9.47 Å². The van der Waals surface area contributed by atoms with Gasteiger partial charge < -0.3 is 14.4 Å². The summed E-state index contributed by atoms with van der Waals surface area (Å²) in [7, 11) is -1.28. The van der Waals surface area contributed by atoms with Crippen LogP contribution < -0.4 is 9.47 Å². The van der Waals surface area contributed by atoms with E-state index < -0.39 is 10.8 Å². The van der Waals surface area contributed by atoms with Gasteiger partial charge in [-0.3, -0.25) is 9.00 Å². The van der Waals surface area contributed by atoms with Crippen molar-refractivity contribution >= 4 is 32.6 Å². The lowest BCUT2D eigenvalue weighted by atomic mass is 10.2. The first-order valence-electron chi connectivity index (χ1n) is 8.03. The highest BCUT2D eigenvalue weighted by Gasteiger charge is 2.23. The number of benzene rings is 1. The van der Waals surface area contributed by atoms with E-state index in [-0.39, 0.29) is 23.7 Å². The summed E-state index contributed by atoms with van der Waals surface area (Å²) < 4.78 is 24.4. The predicted molar refractivity (Wildman–Crippen MR) is 99.0 cm³/mol. The van der Waals surface area contributed by atoms with Gasteiger partial charge in [-0.15, -0.1) is 0 Å². The molecule has 1 atom stereocenters. The zero-order valence-electron chi connectivity index (χ0n) is 14.5. The molecule has 0 saturated heterocycles. The molecule has 1 aromatic rings. The van der Waals surface area contributed by atoms with E-state index in [1.165, 1.54) is 0 Å². The molecule has 134 valence electrons. The molecule has 1 aliphatic rings. The zero-order valence-corrected chi connectivity index (χ0v) is 16.9. The lowest BCUT2D eigenvalue weighted by Gasteiger charge is -2.30. The largest absolute Gasteiger partial charge is 0.486 e. The minimum Gasteiger partial charge on any atom is -0.486 e. The Labute approximate surface area is 154 Å². The number of carbonyl (C=O) groups excluding carboxylic acids is 1. The fourth-order valence-electron chi connectivity index (χ4n) is 2.83. The lowest BCUT2D eigenvalue weighted by Crippen LogP contribution is -2.44. The molecule has 24 heavy (non-hydrogen) atoms. The van der Waals surface area contributed by atoms with Gasteiger partial charge in [0.15, 0.2) is 11.5 Å². The molecule has 0 radical (unpaired) electrons. The highest BCUT2D eigenvalue weighted by Crippen LogP contribution is 2.36. The molecule has 2 rings (SSSR count). The second-order valence-corrected chi connectivity index (χ2v) is 8.62. The molecule has 5 nitrogen and oxygen atoms in total. The van der Waals surface area contributed by atoms with Crippen molar-refractivity contribution in [2.75, 3.05) is 19.0 Å². The molecular weight excluding hydrogens is 394 g/mol. The van der Waals surface area contributed by atoms with Crippen LogP contribution in [0.25, 0.3) is 0 Å². The molecule has 0 fully saturated rings. The summed E-state index contributed by atoms with van der Waals surface area (Å²) in [4.78, 5) is 14.2. The first kappa shape index (κ1) is 19.2. The summed E-state index contributed by atoms with van der Waals surface area (Å²) in [5.74, 6) is 1.59. The van der Waals surface area contributed by atoms with Crippen molar-refractivity contribution < 1.29 is 18.5 Å². The Morgan fingerprint density at radius 1 is 1.17 bits per heavy atom. The van der Waals surface area contributed by atoms with Crippen LogP contribution in [0.2, 0.25) is 0 Å². The molecule has 7 heteroatoms. The zero-order chi connectivity index (χ0) is 17.9. The van der Waals surface area contributed by atoms with E-state index in [2.05, 4.69) is 15.9 Å². The van der Waals surface area contributed by atoms with Gasteiger partial charge in [-0.1, -0.05) is 15.9 Å². The van der Waals surface area contributed by atoms with Crippen molar-refractivity contribution in [1.29, 1.82) is 0 Å². The molecule has 1 amide bonds. The van der Waals surface area contributed by atoms with Crippen LogP contribution in [0.3, 0.4) is 0 Å². The monoisotopic (exact) mass is 417 g/mol.